The van der Waals surface area contributed by atoms with Crippen LogP contribution >= 0.6 is 0 Å². The lowest BCUT2D eigenvalue weighted by atomic mass is 10.4. The minimum atomic E-state index is -0.120. The molecule has 1 aliphatic rings. The van der Waals surface area contributed by atoms with E-state index in [9.17, 15) is 4.79 Å². The molecule has 1 amide bonds. The van der Waals surface area contributed by atoms with Crippen molar-refractivity contribution in [2.75, 3.05) is 0 Å². The summed E-state index contributed by atoms with van der Waals surface area (Å²) in [4.78, 5) is 11.3. The Bertz CT molecular complexity index is 302. The summed E-state index contributed by atoms with van der Waals surface area (Å²) < 4.78 is 1.52. The predicted octanol–water partition coefficient (Wildman–Crippen LogP) is -0.293. The van der Waals surface area contributed by atoms with Crippen LogP contribution in [0.1, 0.15) is 23.3 Å². The van der Waals surface area contributed by atoms with Gasteiger partial charge in [-0.1, -0.05) is 5.21 Å². The fourth-order valence-electron chi connectivity index (χ4n) is 0.938. The van der Waals surface area contributed by atoms with Crippen LogP contribution in [0.4, 0.5) is 0 Å². The van der Waals surface area contributed by atoms with Crippen LogP contribution in [-0.4, -0.2) is 26.9 Å². The van der Waals surface area contributed by atoms with Crippen LogP contribution in [0.3, 0.4) is 0 Å². The normalized spacial score (nSPS) is 16.1. The van der Waals surface area contributed by atoms with Crippen LogP contribution in [0.25, 0.3) is 0 Å². The number of hydrogen-bond donors (Lipinski definition) is 1. The minimum absolute atomic E-state index is 0.120. The second-order valence-electron chi connectivity index (χ2n) is 3.03. The van der Waals surface area contributed by atoms with Gasteiger partial charge in [0.05, 0.1) is 6.20 Å². The molecule has 1 fully saturated rings. The second kappa shape index (κ2) is 2.58. The Labute approximate surface area is 69.8 Å². The van der Waals surface area contributed by atoms with Crippen molar-refractivity contribution < 1.29 is 4.79 Å². The maximum absolute atomic E-state index is 11.3. The van der Waals surface area contributed by atoms with Gasteiger partial charge < -0.3 is 5.32 Å². The van der Waals surface area contributed by atoms with Gasteiger partial charge in [-0.2, -0.15) is 0 Å². The number of nitrogens with zero attached hydrogens (tertiary/aromatic N) is 3. The SMILES string of the molecule is Cn1cc(C(=O)NC2CC2)nn1. The van der Waals surface area contributed by atoms with E-state index in [1.54, 1.807) is 13.2 Å². The van der Waals surface area contributed by atoms with E-state index in [1.807, 2.05) is 0 Å². The topological polar surface area (TPSA) is 59.8 Å². The Morgan fingerprint density at radius 3 is 3.00 bits per heavy atom. The second-order valence-corrected chi connectivity index (χ2v) is 3.03. The van der Waals surface area contributed by atoms with E-state index in [-0.39, 0.29) is 5.91 Å². The summed E-state index contributed by atoms with van der Waals surface area (Å²) in [6.45, 7) is 0. The highest BCUT2D eigenvalue weighted by atomic mass is 16.2. The number of aromatic nitrogens is 3. The van der Waals surface area contributed by atoms with Crippen molar-refractivity contribution in [3.8, 4) is 0 Å². The molecule has 0 radical (unpaired) electrons. The van der Waals surface area contributed by atoms with Gasteiger partial charge in [-0.3, -0.25) is 9.48 Å². The van der Waals surface area contributed by atoms with Gasteiger partial charge in [-0.05, 0) is 12.8 Å². The molecule has 1 N–H and O–H groups in total. The summed E-state index contributed by atoms with van der Waals surface area (Å²) in [6, 6.07) is 0.375. The van der Waals surface area contributed by atoms with Gasteiger partial charge >= 0.3 is 0 Å². The monoisotopic (exact) mass is 166 g/mol. The first-order chi connectivity index (χ1) is 5.75. The van der Waals surface area contributed by atoms with Crippen molar-refractivity contribution >= 4 is 5.91 Å². The standard InChI is InChI=1S/C7H10N4O/c1-11-4-6(9-10-11)7(12)8-5-2-3-5/h4-5H,2-3H2,1H3,(H,8,12). The van der Waals surface area contributed by atoms with Gasteiger partial charge in [0.15, 0.2) is 5.69 Å². The lowest BCUT2D eigenvalue weighted by molar-refractivity contribution is 0.0946. The molecule has 1 aromatic heterocycles. The Balaban J connectivity index is 2.03. The third-order valence-corrected chi connectivity index (χ3v) is 1.75. The molecular weight excluding hydrogens is 156 g/mol. The predicted molar refractivity (Wildman–Crippen MR) is 41.5 cm³/mol. The number of hydrogen-bond acceptors (Lipinski definition) is 3. The molecule has 1 saturated carbocycles. The van der Waals surface area contributed by atoms with E-state index in [1.165, 1.54) is 4.68 Å². The molecule has 5 nitrogen and oxygen atoms in total. The van der Waals surface area contributed by atoms with Crippen molar-refractivity contribution in [3.05, 3.63) is 11.9 Å². The van der Waals surface area contributed by atoms with Crippen molar-refractivity contribution in [3.63, 3.8) is 0 Å². The highest BCUT2D eigenvalue weighted by molar-refractivity contribution is 5.92. The van der Waals surface area contributed by atoms with E-state index >= 15 is 0 Å². The van der Waals surface area contributed by atoms with Gasteiger partial charge in [-0.25, -0.2) is 0 Å². The molecule has 5 heteroatoms. The van der Waals surface area contributed by atoms with Gasteiger partial charge in [0.1, 0.15) is 0 Å². The van der Waals surface area contributed by atoms with Gasteiger partial charge in [0.2, 0.25) is 0 Å². The molecule has 0 atom stereocenters. The smallest absolute Gasteiger partial charge is 0.273 e. The molecule has 1 heterocycles. The third kappa shape index (κ3) is 1.44. The zero-order valence-corrected chi connectivity index (χ0v) is 6.82. The summed E-state index contributed by atoms with van der Waals surface area (Å²) in [7, 11) is 1.74. The van der Waals surface area contributed by atoms with Crippen LogP contribution in [0.15, 0.2) is 6.20 Å². The molecule has 64 valence electrons. The fraction of sp³-hybridized carbons (Fsp3) is 0.571. The number of amides is 1. The van der Waals surface area contributed by atoms with Crippen LogP contribution < -0.4 is 5.32 Å². The van der Waals surface area contributed by atoms with E-state index in [4.69, 9.17) is 0 Å². The zero-order chi connectivity index (χ0) is 8.55. The number of carbonyl (C=O) groups excluding carboxylic acids is 1. The molecule has 0 unspecified atom stereocenters. The zero-order valence-electron chi connectivity index (χ0n) is 6.82. The summed E-state index contributed by atoms with van der Waals surface area (Å²) >= 11 is 0. The van der Waals surface area contributed by atoms with Crippen LogP contribution in [0.2, 0.25) is 0 Å². The van der Waals surface area contributed by atoms with Crippen molar-refractivity contribution in [1.29, 1.82) is 0 Å². The first-order valence-corrected chi connectivity index (χ1v) is 3.93. The number of nitrogens with one attached hydrogen (secondary N) is 1. The highest BCUT2D eigenvalue weighted by Crippen LogP contribution is 2.18. The molecule has 2 rings (SSSR count). The third-order valence-electron chi connectivity index (χ3n) is 1.75. The van der Waals surface area contributed by atoms with Crippen LogP contribution in [0.5, 0.6) is 0 Å². The van der Waals surface area contributed by atoms with E-state index in [0.717, 1.165) is 12.8 Å². The molecule has 1 aliphatic carbocycles. The first kappa shape index (κ1) is 7.27. The molecule has 0 bridgehead atoms. The molecule has 0 spiro atoms. The van der Waals surface area contributed by atoms with E-state index < -0.39 is 0 Å². The Kier molecular flexibility index (Phi) is 1.56. The lowest BCUT2D eigenvalue weighted by Gasteiger charge is -1.96. The van der Waals surface area contributed by atoms with Crippen molar-refractivity contribution in [2.45, 2.75) is 18.9 Å². The highest BCUT2D eigenvalue weighted by Gasteiger charge is 2.24. The maximum Gasteiger partial charge on any atom is 0.273 e. The summed E-state index contributed by atoms with van der Waals surface area (Å²) in [5.74, 6) is -0.120. The van der Waals surface area contributed by atoms with E-state index in [2.05, 4.69) is 15.6 Å². The Morgan fingerprint density at radius 2 is 2.50 bits per heavy atom. The molecular formula is C7H10N4O. The number of carbonyl (C=O) groups is 1. The minimum Gasteiger partial charge on any atom is -0.348 e. The van der Waals surface area contributed by atoms with Crippen LogP contribution in [0, 0.1) is 0 Å². The average molecular weight is 166 g/mol. The Hall–Kier alpha value is -1.39. The molecule has 0 saturated heterocycles. The first-order valence-electron chi connectivity index (χ1n) is 3.93. The number of aryl methyl sites for hydroxylation is 1. The van der Waals surface area contributed by atoms with Crippen LogP contribution in [-0.2, 0) is 7.05 Å². The Morgan fingerprint density at radius 1 is 1.75 bits per heavy atom. The summed E-state index contributed by atoms with van der Waals surface area (Å²) in [6.07, 6.45) is 3.79. The molecule has 0 aliphatic heterocycles. The van der Waals surface area contributed by atoms with Gasteiger partial charge in [-0.15, -0.1) is 5.10 Å². The quantitative estimate of drug-likeness (QED) is 0.656. The maximum atomic E-state index is 11.3. The summed E-state index contributed by atoms with van der Waals surface area (Å²) in [5, 5.41) is 10.2. The number of rotatable bonds is 2. The van der Waals surface area contributed by atoms with Crippen molar-refractivity contribution in [2.24, 2.45) is 7.05 Å². The van der Waals surface area contributed by atoms with Gasteiger partial charge in [0, 0.05) is 13.1 Å². The summed E-state index contributed by atoms with van der Waals surface area (Å²) in [5.41, 5.74) is 0.393. The molecule has 1 aromatic rings. The van der Waals surface area contributed by atoms with Crippen molar-refractivity contribution in [1.82, 2.24) is 20.3 Å². The van der Waals surface area contributed by atoms with E-state index in [0.29, 0.717) is 11.7 Å². The lowest BCUT2D eigenvalue weighted by Crippen LogP contribution is -2.25. The van der Waals surface area contributed by atoms with Gasteiger partial charge in [0.25, 0.3) is 5.91 Å². The fourth-order valence-corrected chi connectivity index (χ4v) is 0.938. The largest absolute Gasteiger partial charge is 0.348 e. The molecule has 0 aromatic carbocycles. The molecule has 12 heavy (non-hydrogen) atoms. The average Bonchev–Trinajstić information content (AvgIpc) is 2.72.